The Morgan fingerprint density at radius 2 is 1.57 bits per heavy atom. The van der Waals surface area contributed by atoms with Crippen LogP contribution in [-0.4, -0.2) is 36.3 Å². The molecule has 10 heteroatoms. The summed E-state index contributed by atoms with van der Waals surface area (Å²) in [6, 6.07) is 12.6. The second kappa shape index (κ2) is 8.46. The predicted octanol–water partition coefficient (Wildman–Crippen LogP) is 1.04. The van der Waals surface area contributed by atoms with Crippen LogP contribution in [0.4, 0.5) is 0 Å². The van der Waals surface area contributed by atoms with E-state index in [2.05, 4.69) is 16.0 Å². The third-order valence-corrected chi connectivity index (χ3v) is 5.17. The number of hydrogen-bond acceptors (Lipinski definition) is 6. The molecule has 0 aliphatic rings. The van der Waals surface area contributed by atoms with Crippen LogP contribution >= 0.6 is 0 Å². The van der Waals surface area contributed by atoms with Gasteiger partial charge in [0.25, 0.3) is 17.4 Å². The lowest BCUT2D eigenvalue weighted by Crippen LogP contribution is -2.42. The predicted molar refractivity (Wildman–Crippen MR) is 112 cm³/mol. The summed E-state index contributed by atoms with van der Waals surface area (Å²) < 4.78 is 23.9. The van der Waals surface area contributed by atoms with Gasteiger partial charge in [-0.25, -0.2) is 13.1 Å². The van der Waals surface area contributed by atoms with Crippen molar-refractivity contribution in [2.75, 3.05) is 6.26 Å². The Balaban J connectivity index is 1.77. The Hall–Kier alpha value is -3.53. The molecule has 0 radical (unpaired) electrons. The maximum atomic E-state index is 12.6. The fourth-order valence-corrected chi connectivity index (χ4v) is 3.72. The quantitative estimate of drug-likeness (QED) is 0.585. The number of rotatable bonds is 5. The van der Waals surface area contributed by atoms with Gasteiger partial charge >= 0.3 is 0 Å². The first-order chi connectivity index (χ1) is 14.2. The van der Waals surface area contributed by atoms with Crippen LogP contribution in [0.3, 0.4) is 0 Å². The third-order valence-electron chi connectivity index (χ3n) is 4.32. The van der Waals surface area contributed by atoms with Gasteiger partial charge in [0.15, 0.2) is 15.5 Å². The van der Waals surface area contributed by atoms with Crippen molar-refractivity contribution >= 4 is 32.4 Å². The summed E-state index contributed by atoms with van der Waals surface area (Å²) in [6.45, 7) is 2.02. The number of carbonyl (C=O) groups excluding carboxylic acids is 2. The molecule has 0 atom stereocenters. The van der Waals surface area contributed by atoms with E-state index in [0.29, 0.717) is 16.3 Å². The molecule has 0 aliphatic carbocycles. The van der Waals surface area contributed by atoms with E-state index in [1.165, 1.54) is 28.9 Å². The number of hydrazine groups is 1. The number of sulfone groups is 1. The van der Waals surface area contributed by atoms with Crippen LogP contribution in [0.2, 0.25) is 0 Å². The van der Waals surface area contributed by atoms with Crippen LogP contribution < -0.4 is 16.4 Å². The van der Waals surface area contributed by atoms with Crippen molar-refractivity contribution < 1.29 is 18.0 Å². The second-order valence-corrected chi connectivity index (χ2v) is 8.83. The number of carbonyl (C=O) groups is 2. The zero-order valence-electron chi connectivity index (χ0n) is 16.4. The van der Waals surface area contributed by atoms with E-state index < -0.39 is 21.7 Å². The number of aromatic nitrogens is 2. The lowest BCUT2D eigenvalue weighted by Gasteiger charge is -2.11. The molecule has 3 rings (SSSR count). The van der Waals surface area contributed by atoms with E-state index in [9.17, 15) is 22.8 Å². The standard InChI is InChI=1S/C20H20N4O5S/c1-3-24-20(27)16-7-5-4-6-15(16)17(23-24)19(26)22-21-18(25)14-10-8-13(9-11-14)12-30(2,28)29/h4-11H,3,12H2,1-2H3,(H,21,25)(H,22,26). The lowest BCUT2D eigenvalue weighted by atomic mass is 10.1. The molecule has 0 fully saturated rings. The fourth-order valence-electron chi connectivity index (χ4n) is 2.92. The van der Waals surface area contributed by atoms with Gasteiger partial charge in [-0.2, -0.15) is 5.10 Å². The monoisotopic (exact) mass is 428 g/mol. The van der Waals surface area contributed by atoms with Crippen molar-refractivity contribution in [1.82, 2.24) is 20.6 Å². The molecule has 0 unspecified atom stereocenters. The smallest absolute Gasteiger partial charge is 0.267 e. The molecular formula is C20H20N4O5S. The van der Waals surface area contributed by atoms with Gasteiger partial charge in [0, 0.05) is 23.8 Å². The van der Waals surface area contributed by atoms with Crippen molar-refractivity contribution in [3.8, 4) is 0 Å². The summed E-state index contributed by atoms with van der Waals surface area (Å²) in [5.41, 5.74) is 5.10. The molecule has 30 heavy (non-hydrogen) atoms. The Kier molecular flexibility index (Phi) is 5.97. The van der Waals surface area contributed by atoms with Crippen LogP contribution in [0.25, 0.3) is 10.8 Å². The van der Waals surface area contributed by atoms with Crippen LogP contribution in [0, 0.1) is 0 Å². The van der Waals surface area contributed by atoms with E-state index in [4.69, 9.17) is 0 Å². The summed E-state index contributed by atoms with van der Waals surface area (Å²) >= 11 is 0. The average molecular weight is 428 g/mol. The molecule has 0 spiro atoms. The summed E-state index contributed by atoms with van der Waals surface area (Å²) in [4.78, 5) is 37.3. The summed E-state index contributed by atoms with van der Waals surface area (Å²) in [5, 5.41) is 4.83. The molecule has 2 aromatic carbocycles. The molecule has 0 bridgehead atoms. The highest BCUT2D eigenvalue weighted by molar-refractivity contribution is 7.89. The molecular weight excluding hydrogens is 408 g/mol. The zero-order chi connectivity index (χ0) is 21.9. The van der Waals surface area contributed by atoms with Gasteiger partial charge in [0.1, 0.15) is 0 Å². The first-order valence-corrected chi connectivity index (χ1v) is 11.1. The number of benzene rings is 2. The van der Waals surface area contributed by atoms with Gasteiger partial charge in [-0.1, -0.05) is 30.3 Å². The number of hydrogen-bond donors (Lipinski definition) is 2. The minimum Gasteiger partial charge on any atom is -0.267 e. The Bertz CT molecular complexity index is 1280. The molecule has 0 aliphatic heterocycles. The van der Waals surface area contributed by atoms with Crippen LogP contribution in [0.15, 0.2) is 53.3 Å². The molecule has 3 aromatic rings. The van der Waals surface area contributed by atoms with E-state index in [-0.39, 0.29) is 29.1 Å². The molecule has 0 saturated carbocycles. The first-order valence-electron chi connectivity index (χ1n) is 9.07. The van der Waals surface area contributed by atoms with Gasteiger partial charge in [-0.3, -0.25) is 25.2 Å². The number of aryl methyl sites for hydroxylation is 1. The molecule has 1 heterocycles. The minimum absolute atomic E-state index is 0.0100. The Morgan fingerprint density at radius 3 is 2.17 bits per heavy atom. The maximum Gasteiger partial charge on any atom is 0.290 e. The van der Waals surface area contributed by atoms with Crippen molar-refractivity contribution in [1.29, 1.82) is 0 Å². The normalized spacial score (nSPS) is 11.3. The zero-order valence-corrected chi connectivity index (χ0v) is 17.2. The van der Waals surface area contributed by atoms with Gasteiger partial charge in [-0.15, -0.1) is 0 Å². The highest BCUT2D eigenvalue weighted by atomic mass is 32.2. The highest BCUT2D eigenvalue weighted by Crippen LogP contribution is 2.13. The van der Waals surface area contributed by atoms with Crippen molar-refractivity contribution in [2.45, 2.75) is 19.2 Å². The minimum atomic E-state index is -3.18. The largest absolute Gasteiger partial charge is 0.290 e. The topological polar surface area (TPSA) is 127 Å². The van der Waals surface area contributed by atoms with E-state index in [0.717, 1.165) is 6.26 Å². The molecule has 1 aromatic heterocycles. The van der Waals surface area contributed by atoms with Crippen molar-refractivity contribution in [2.24, 2.45) is 0 Å². The average Bonchev–Trinajstić information content (AvgIpc) is 2.71. The fraction of sp³-hybridized carbons (Fsp3) is 0.200. The van der Waals surface area contributed by atoms with Crippen molar-refractivity contribution in [3.05, 3.63) is 75.7 Å². The molecule has 9 nitrogen and oxygen atoms in total. The van der Waals surface area contributed by atoms with Crippen LogP contribution in [0.5, 0.6) is 0 Å². The van der Waals surface area contributed by atoms with Gasteiger partial charge in [0.05, 0.1) is 11.1 Å². The van der Waals surface area contributed by atoms with Gasteiger partial charge in [-0.05, 0) is 30.7 Å². The molecule has 156 valence electrons. The number of nitrogens with one attached hydrogen (secondary N) is 2. The molecule has 2 N–H and O–H groups in total. The SMILES string of the molecule is CCn1nc(C(=O)NNC(=O)c2ccc(CS(C)(=O)=O)cc2)c2ccccc2c1=O. The number of amides is 2. The van der Waals surface area contributed by atoms with Crippen LogP contribution in [0.1, 0.15) is 33.3 Å². The second-order valence-electron chi connectivity index (χ2n) is 6.69. The van der Waals surface area contributed by atoms with Gasteiger partial charge < -0.3 is 0 Å². The maximum absolute atomic E-state index is 12.6. The lowest BCUT2D eigenvalue weighted by molar-refractivity contribution is 0.0843. The number of nitrogens with zero attached hydrogens (tertiary/aromatic N) is 2. The Morgan fingerprint density at radius 1 is 0.967 bits per heavy atom. The number of fused-ring (bicyclic) bond motifs is 1. The van der Waals surface area contributed by atoms with Gasteiger partial charge in [0.2, 0.25) is 0 Å². The highest BCUT2D eigenvalue weighted by Gasteiger charge is 2.17. The summed E-state index contributed by atoms with van der Waals surface area (Å²) in [7, 11) is -3.18. The summed E-state index contributed by atoms with van der Waals surface area (Å²) in [5.74, 6) is -1.38. The van der Waals surface area contributed by atoms with E-state index >= 15 is 0 Å². The first kappa shape index (κ1) is 21.2. The van der Waals surface area contributed by atoms with Crippen LogP contribution in [-0.2, 0) is 22.1 Å². The summed E-state index contributed by atoms with van der Waals surface area (Å²) in [6.07, 6.45) is 1.13. The molecule has 0 saturated heterocycles. The van der Waals surface area contributed by atoms with E-state index in [1.54, 1.807) is 31.2 Å². The third kappa shape index (κ3) is 4.71. The van der Waals surface area contributed by atoms with E-state index in [1.807, 2.05) is 0 Å². The Labute approximate surface area is 172 Å². The van der Waals surface area contributed by atoms with Crippen molar-refractivity contribution in [3.63, 3.8) is 0 Å². The molecule has 2 amide bonds.